The minimum atomic E-state index is -1.61. The van der Waals surface area contributed by atoms with Gasteiger partial charge in [0.15, 0.2) is 21.9 Å². The van der Waals surface area contributed by atoms with Crippen molar-refractivity contribution in [2.45, 2.75) is 109 Å². The summed E-state index contributed by atoms with van der Waals surface area (Å²) in [6.07, 6.45) is 9.53. The van der Waals surface area contributed by atoms with Crippen molar-refractivity contribution in [3.05, 3.63) is 53.6 Å². The lowest BCUT2D eigenvalue weighted by Crippen LogP contribution is -2.40. The molecule has 0 aromatic heterocycles. The van der Waals surface area contributed by atoms with Crippen LogP contribution >= 0.6 is 0 Å². The van der Waals surface area contributed by atoms with Gasteiger partial charge in [-0.15, -0.1) is 5.92 Å². The SMILES string of the molecule is COCOc1ccc(C2(C)COc3cc(OCOC)ccc3C2C#CCCCCCCCCCO[Si](C)(C)C(C)(C)C)cc1. The van der Waals surface area contributed by atoms with Crippen LogP contribution in [0.2, 0.25) is 18.1 Å². The molecule has 0 fully saturated rings. The van der Waals surface area contributed by atoms with E-state index in [4.69, 9.17) is 28.1 Å². The molecule has 2 aromatic rings. The Bertz CT molecular complexity index is 1190. The van der Waals surface area contributed by atoms with E-state index in [2.05, 4.69) is 70.8 Å². The first-order valence-corrected chi connectivity index (χ1v) is 19.2. The maximum atomic E-state index is 6.33. The van der Waals surface area contributed by atoms with Gasteiger partial charge in [-0.3, -0.25) is 0 Å². The van der Waals surface area contributed by atoms with E-state index in [1.165, 1.54) is 44.1 Å². The lowest BCUT2D eigenvalue weighted by molar-refractivity contribution is 0.0505. The summed E-state index contributed by atoms with van der Waals surface area (Å²) in [5, 5.41) is 0.288. The molecule has 6 nitrogen and oxygen atoms in total. The van der Waals surface area contributed by atoms with Crippen LogP contribution in [-0.2, 0) is 19.3 Å². The number of unbranched alkanes of at least 4 members (excludes halogenated alkanes) is 7. The molecule has 2 atom stereocenters. The van der Waals surface area contributed by atoms with Gasteiger partial charge < -0.3 is 28.1 Å². The van der Waals surface area contributed by atoms with Gasteiger partial charge in [0.05, 0.1) is 12.5 Å². The van der Waals surface area contributed by atoms with Crippen molar-refractivity contribution in [1.29, 1.82) is 0 Å². The highest BCUT2D eigenvalue weighted by Gasteiger charge is 2.42. The molecule has 0 spiro atoms. The second kappa shape index (κ2) is 17.3. The summed E-state index contributed by atoms with van der Waals surface area (Å²) in [4.78, 5) is 0. The Morgan fingerprint density at radius 2 is 1.43 bits per heavy atom. The van der Waals surface area contributed by atoms with E-state index in [1.807, 2.05) is 24.3 Å². The van der Waals surface area contributed by atoms with E-state index >= 15 is 0 Å². The van der Waals surface area contributed by atoms with Crippen LogP contribution in [0, 0.1) is 11.8 Å². The number of benzene rings is 2. The third-order valence-electron chi connectivity index (χ3n) is 9.12. The first-order valence-electron chi connectivity index (χ1n) is 16.2. The first-order chi connectivity index (χ1) is 21.0. The van der Waals surface area contributed by atoms with Gasteiger partial charge in [-0.2, -0.15) is 0 Å². The Labute approximate surface area is 268 Å². The van der Waals surface area contributed by atoms with Crippen LogP contribution in [0.25, 0.3) is 0 Å². The molecule has 0 aliphatic carbocycles. The first kappa shape index (κ1) is 36.0. The Morgan fingerprint density at radius 1 is 0.841 bits per heavy atom. The second-order valence-electron chi connectivity index (χ2n) is 13.6. The molecule has 0 N–H and O–H groups in total. The van der Waals surface area contributed by atoms with Gasteiger partial charge in [-0.1, -0.05) is 83.9 Å². The third-order valence-corrected chi connectivity index (χ3v) is 13.7. The molecule has 2 aromatic carbocycles. The Hall–Kier alpha value is -2.50. The maximum Gasteiger partial charge on any atom is 0.191 e. The largest absolute Gasteiger partial charge is 0.492 e. The van der Waals surface area contributed by atoms with Crippen LogP contribution in [-0.4, -0.2) is 49.3 Å². The highest BCUT2D eigenvalue weighted by atomic mass is 28.4. The minimum absolute atomic E-state index is 0.0120. The smallest absolute Gasteiger partial charge is 0.191 e. The minimum Gasteiger partial charge on any atom is -0.492 e. The fourth-order valence-electron chi connectivity index (χ4n) is 5.21. The van der Waals surface area contributed by atoms with Gasteiger partial charge in [-0.05, 0) is 54.7 Å². The van der Waals surface area contributed by atoms with Crippen LogP contribution in [0.5, 0.6) is 17.2 Å². The molecule has 44 heavy (non-hydrogen) atoms. The summed E-state index contributed by atoms with van der Waals surface area (Å²) in [7, 11) is 1.62. The van der Waals surface area contributed by atoms with Crippen molar-refractivity contribution in [2.75, 3.05) is 41.0 Å². The van der Waals surface area contributed by atoms with E-state index in [-0.39, 0.29) is 30.0 Å². The zero-order chi connectivity index (χ0) is 32.1. The van der Waals surface area contributed by atoms with Gasteiger partial charge in [0, 0.05) is 44.3 Å². The lowest BCUT2D eigenvalue weighted by Gasteiger charge is -2.40. The van der Waals surface area contributed by atoms with E-state index < -0.39 is 8.32 Å². The van der Waals surface area contributed by atoms with Crippen LogP contribution in [0.15, 0.2) is 42.5 Å². The average molecular weight is 625 g/mol. The second-order valence-corrected chi connectivity index (χ2v) is 18.4. The molecule has 7 heteroatoms. The molecule has 0 saturated heterocycles. The molecule has 0 bridgehead atoms. The van der Waals surface area contributed by atoms with Crippen LogP contribution in [0.4, 0.5) is 0 Å². The molecule has 0 radical (unpaired) electrons. The Balaban J connectivity index is 1.55. The van der Waals surface area contributed by atoms with Crippen LogP contribution in [0.3, 0.4) is 0 Å². The number of hydrogen-bond acceptors (Lipinski definition) is 6. The summed E-state index contributed by atoms with van der Waals surface area (Å²) >= 11 is 0. The predicted octanol–water partition coefficient (Wildman–Crippen LogP) is 9.23. The normalized spacial score (nSPS) is 18.1. The molecule has 3 rings (SSSR count). The fourth-order valence-corrected chi connectivity index (χ4v) is 6.30. The van der Waals surface area contributed by atoms with Gasteiger partial charge >= 0.3 is 0 Å². The monoisotopic (exact) mass is 624 g/mol. The molecule has 1 aliphatic rings. The van der Waals surface area contributed by atoms with Crippen molar-refractivity contribution in [3.8, 4) is 29.1 Å². The van der Waals surface area contributed by atoms with Crippen molar-refractivity contribution in [1.82, 2.24) is 0 Å². The highest BCUT2D eigenvalue weighted by molar-refractivity contribution is 6.74. The Morgan fingerprint density at radius 3 is 2.07 bits per heavy atom. The van der Waals surface area contributed by atoms with Crippen LogP contribution < -0.4 is 14.2 Å². The number of rotatable bonds is 17. The molecule has 0 saturated carbocycles. The zero-order valence-corrected chi connectivity index (χ0v) is 29.6. The van der Waals surface area contributed by atoms with Gasteiger partial charge in [0.25, 0.3) is 0 Å². The number of ether oxygens (including phenoxy) is 5. The summed E-state index contributed by atoms with van der Waals surface area (Å²) < 4.78 is 34.1. The highest BCUT2D eigenvalue weighted by Crippen LogP contribution is 2.47. The van der Waals surface area contributed by atoms with Crippen molar-refractivity contribution < 1.29 is 28.1 Å². The predicted molar refractivity (Wildman–Crippen MR) is 181 cm³/mol. The number of hydrogen-bond donors (Lipinski definition) is 0. The van der Waals surface area contributed by atoms with E-state index in [0.29, 0.717) is 6.61 Å². The van der Waals surface area contributed by atoms with Crippen molar-refractivity contribution >= 4 is 8.32 Å². The molecule has 1 heterocycles. The van der Waals surface area contributed by atoms with Crippen molar-refractivity contribution in [3.63, 3.8) is 0 Å². The van der Waals surface area contributed by atoms with E-state index in [1.54, 1.807) is 14.2 Å². The molecule has 0 amide bonds. The molecule has 2 unspecified atom stereocenters. The van der Waals surface area contributed by atoms with E-state index in [9.17, 15) is 0 Å². The quantitative estimate of drug-likeness (QED) is 0.0757. The molecule has 244 valence electrons. The van der Waals surface area contributed by atoms with Crippen molar-refractivity contribution in [2.24, 2.45) is 0 Å². The summed E-state index contributed by atoms with van der Waals surface area (Å²) in [5.41, 5.74) is 1.94. The number of methoxy groups -OCH3 is 2. The molecular formula is C37H56O6Si. The van der Waals surface area contributed by atoms with E-state index in [0.717, 1.165) is 42.3 Å². The topological polar surface area (TPSA) is 55.4 Å². The summed E-state index contributed by atoms with van der Waals surface area (Å²) in [6.45, 7) is 15.7. The zero-order valence-electron chi connectivity index (χ0n) is 28.6. The van der Waals surface area contributed by atoms with Gasteiger partial charge in [-0.25, -0.2) is 0 Å². The lowest BCUT2D eigenvalue weighted by atomic mass is 9.68. The number of fused-ring (bicyclic) bond motifs is 1. The molecular weight excluding hydrogens is 568 g/mol. The maximum absolute atomic E-state index is 6.33. The standard InChI is InChI=1S/C37H56O6Si/c1-36(2,3)44(7,8)43-25-17-15-13-11-9-10-12-14-16-18-34-33-24-23-32(42-29-39-6)26-35(33)40-27-37(34,4)30-19-21-31(22-20-30)41-28-38-5/h19-24,26,34H,9-15,17,25,27-29H2,1-8H3. The van der Waals surface area contributed by atoms with Gasteiger partial charge in [0.1, 0.15) is 17.2 Å². The summed E-state index contributed by atoms with van der Waals surface area (Å²) in [5.74, 6) is 9.53. The fraction of sp³-hybridized carbons (Fsp3) is 0.622. The van der Waals surface area contributed by atoms with Crippen LogP contribution in [0.1, 0.15) is 96.1 Å². The summed E-state index contributed by atoms with van der Waals surface area (Å²) in [6, 6.07) is 14.2. The average Bonchev–Trinajstić information content (AvgIpc) is 3.00. The third kappa shape index (κ3) is 10.3. The Kier molecular flexibility index (Phi) is 14.1. The van der Waals surface area contributed by atoms with Gasteiger partial charge in [0.2, 0.25) is 0 Å². The molecule has 1 aliphatic heterocycles.